The van der Waals surface area contributed by atoms with E-state index in [4.69, 9.17) is 0 Å². The second-order valence-corrected chi connectivity index (χ2v) is 9.73. The molecule has 3 aromatic rings. The predicted octanol–water partition coefficient (Wildman–Crippen LogP) is 5.46. The summed E-state index contributed by atoms with van der Waals surface area (Å²) in [5.74, 6) is 0.287. The maximum absolute atomic E-state index is 13.4. The summed E-state index contributed by atoms with van der Waals surface area (Å²) in [5, 5.41) is 1.60. The number of hydrogen-bond acceptors (Lipinski definition) is 2. The van der Waals surface area contributed by atoms with E-state index in [1.165, 1.54) is 5.56 Å². The van der Waals surface area contributed by atoms with Crippen molar-refractivity contribution in [3.8, 4) is 0 Å². The van der Waals surface area contributed by atoms with E-state index in [2.05, 4.69) is 38.9 Å². The lowest BCUT2D eigenvalue weighted by molar-refractivity contribution is 0.477. The third-order valence-corrected chi connectivity index (χ3v) is 7.85. The normalized spacial score (nSPS) is 23.0. The first kappa shape index (κ1) is 17.9. The van der Waals surface area contributed by atoms with Gasteiger partial charge in [0.05, 0.1) is 10.9 Å². The van der Waals surface area contributed by atoms with Gasteiger partial charge in [0.2, 0.25) is 10.0 Å². The zero-order chi connectivity index (χ0) is 19.3. The van der Waals surface area contributed by atoms with Crippen molar-refractivity contribution in [3.63, 3.8) is 0 Å². The van der Waals surface area contributed by atoms with E-state index in [9.17, 15) is 8.42 Å². The molecule has 5 heteroatoms. The molecule has 0 fully saturated rings. The van der Waals surface area contributed by atoms with Crippen LogP contribution in [0.25, 0.3) is 10.8 Å². The molecule has 2 aliphatic carbocycles. The molecule has 0 aromatic heterocycles. The molecule has 0 bridgehead atoms. The molecule has 28 heavy (non-hydrogen) atoms. The molecular weight excluding hydrogens is 434 g/mol. The smallest absolute Gasteiger partial charge is 0.207 e. The van der Waals surface area contributed by atoms with Crippen LogP contribution < -0.4 is 4.72 Å². The Kier molecular flexibility index (Phi) is 4.27. The van der Waals surface area contributed by atoms with Gasteiger partial charge < -0.3 is 0 Å². The van der Waals surface area contributed by atoms with Crippen molar-refractivity contribution in [3.05, 3.63) is 101 Å². The van der Waals surface area contributed by atoms with Gasteiger partial charge in [0.25, 0.3) is 0 Å². The SMILES string of the molecule is O=S(=O)(N[C@@H]1c2ccccc2[C@H]2C=CC=C[C@H]21)c1ccc(Br)c2ccccc12. The minimum absolute atomic E-state index is 0.0823. The van der Waals surface area contributed by atoms with E-state index in [0.717, 1.165) is 15.4 Å². The van der Waals surface area contributed by atoms with Crippen molar-refractivity contribution in [2.24, 2.45) is 5.92 Å². The summed E-state index contributed by atoms with van der Waals surface area (Å²) in [6.45, 7) is 0. The summed E-state index contributed by atoms with van der Waals surface area (Å²) < 4.78 is 30.8. The first-order valence-electron chi connectivity index (χ1n) is 9.20. The lowest BCUT2D eigenvalue weighted by atomic mass is 9.87. The van der Waals surface area contributed by atoms with Crippen LogP contribution in [0, 0.1) is 5.92 Å². The summed E-state index contributed by atoms with van der Waals surface area (Å²) in [4.78, 5) is 0.308. The van der Waals surface area contributed by atoms with E-state index >= 15 is 0 Å². The Labute approximate surface area is 173 Å². The predicted molar refractivity (Wildman–Crippen MR) is 116 cm³/mol. The quantitative estimate of drug-likeness (QED) is 0.574. The minimum Gasteiger partial charge on any atom is -0.207 e. The highest BCUT2D eigenvalue weighted by Gasteiger charge is 2.40. The van der Waals surface area contributed by atoms with Crippen LogP contribution in [0.1, 0.15) is 23.1 Å². The molecule has 0 spiro atoms. The first-order valence-corrected chi connectivity index (χ1v) is 11.5. The zero-order valence-electron chi connectivity index (χ0n) is 14.9. The molecule has 140 valence electrons. The second-order valence-electron chi connectivity index (χ2n) is 7.19. The lowest BCUT2D eigenvalue weighted by Crippen LogP contribution is -2.31. The third kappa shape index (κ3) is 2.77. The summed E-state index contributed by atoms with van der Waals surface area (Å²) >= 11 is 3.52. The van der Waals surface area contributed by atoms with Crippen LogP contribution in [0.15, 0.2) is 94.3 Å². The Hall–Kier alpha value is -2.21. The van der Waals surface area contributed by atoms with Crippen molar-refractivity contribution >= 4 is 36.7 Å². The van der Waals surface area contributed by atoms with Crippen LogP contribution in [0.3, 0.4) is 0 Å². The number of nitrogens with one attached hydrogen (secondary N) is 1. The number of benzene rings is 3. The minimum atomic E-state index is -3.71. The Balaban J connectivity index is 1.61. The van der Waals surface area contributed by atoms with E-state index < -0.39 is 10.0 Å². The lowest BCUT2D eigenvalue weighted by Gasteiger charge is -2.24. The van der Waals surface area contributed by atoms with Crippen molar-refractivity contribution in [2.75, 3.05) is 0 Å². The topological polar surface area (TPSA) is 46.2 Å². The Bertz CT molecular complexity index is 1250. The maximum Gasteiger partial charge on any atom is 0.241 e. The molecule has 3 aromatic carbocycles. The summed E-state index contributed by atoms with van der Waals surface area (Å²) in [5.41, 5.74) is 2.25. The van der Waals surface area contributed by atoms with E-state index in [1.807, 2.05) is 54.6 Å². The molecular formula is C23H18BrNO2S. The molecule has 0 heterocycles. The van der Waals surface area contributed by atoms with Crippen LogP contribution in [0.4, 0.5) is 0 Å². The molecule has 0 saturated heterocycles. The highest BCUT2D eigenvalue weighted by atomic mass is 79.9. The van der Waals surface area contributed by atoms with Gasteiger partial charge in [-0.15, -0.1) is 0 Å². The Morgan fingerprint density at radius 2 is 1.46 bits per heavy atom. The average molecular weight is 452 g/mol. The summed E-state index contributed by atoms with van der Waals surface area (Å²) in [6, 6.07) is 18.8. The molecule has 0 unspecified atom stereocenters. The summed E-state index contributed by atoms with van der Waals surface area (Å²) in [7, 11) is -3.71. The number of halogens is 1. The fraction of sp³-hybridized carbons (Fsp3) is 0.130. The maximum atomic E-state index is 13.4. The fourth-order valence-corrected chi connectivity index (χ4v) is 6.34. The fourth-order valence-electron chi connectivity index (χ4n) is 4.40. The molecule has 2 aliphatic rings. The molecule has 3 nitrogen and oxygen atoms in total. The van der Waals surface area contributed by atoms with Crippen LogP contribution in [0.5, 0.6) is 0 Å². The number of sulfonamides is 1. The molecule has 0 radical (unpaired) electrons. The molecule has 0 saturated carbocycles. The molecule has 1 N–H and O–H groups in total. The van der Waals surface area contributed by atoms with E-state index in [0.29, 0.717) is 10.3 Å². The van der Waals surface area contributed by atoms with Crippen molar-refractivity contribution < 1.29 is 8.42 Å². The van der Waals surface area contributed by atoms with Crippen LogP contribution in [-0.4, -0.2) is 8.42 Å². The van der Waals surface area contributed by atoms with Gasteiger partial charge in [0.1, 0.15) is 0 Å². The molecule has 0 aliphatic heterocycles. The van der Waals surface area contributed by atoms with Gasteiger partial charge in [-0.2, -0.15) is 0 Å². The van der Waals surface area contributed by atoms with Crippen LogP contribution in [0.2, 0.25) is 0 Å². The van der Waals surface area contributed by atoms with Gasteiger partial charge in [-0.1, -0.05) is 88.8 Å². The van der Waals surface area contributed by atoms with Crippen molar-refractivity contribution in [2.45, 2.75) is 16.9 Å². The Morgan fingerprint density at radius 1 is 0.786 bits per heavy atom. The molecule has 3 atom stereocenters. The molecule has 0 amide bonds. The van der Waals surface area contributed by atoms with Crippen molar-refractivity contribution in [1.29, 1.82) is 0 Å². The third-order valence-electron chi connectivity index (χ3n) is 5.66. The van der Waals surface area contributed by atoms with Gasteiger partial charge in [-0.3, -0.25) is 0 Å². The Morgan fingerprint density at radius 3 is 2.29 bits per heavy atom. The average Bonchev–Trinajstić information content (AvgIpc) is 3.02. The van der Waals surface area contributed by atoms with Crippen LogP contribution in [-0.2, 0) is 10.0 Å². The largest absolute Gasteiger partial charge is 0.241 e. The highest BCUT2D eigenvalue weighted by Crippen LogP contribution is 2.48. The van der Waals surface area contributed by atoms with Gasteiger partial charge in [0, 0.05) is 21.7 Å². The number of hydrogen-bond donors (Lipinski definition) is 1. The monoisotopic (exact) mass is 451 g/mol. The van der Waals surface area contributed by atoms with Gasteiger partial charge >= 0.3 is 0 Å². The van der Waals surface area contributed by atoms with Gasteiger partial charge in [-0.05, 0) is 28.6 Å². The van der Waals surface area contributed by atoms with Crippen LogP contribution >= 0.6 is 15.9 Å². The first-order chi connectivity index (χ1) is 13.6. The van der Waals surface area contributed by atoms with Gasteiger partial charge in [0.15, 0.2) is 0 Å². The number of allylic oxidation sites excluding steroid dienone is 3. The van der Waals surface area contributed by atoms with Gasteiger partial charge in [-0.25, -0.2) is 13.1 Å². The summed E-state index contributed by atoms with van der Waals surface area (Å²) in [6.07, 6.45) is 8.31. The zero-order valence-corrected chi connectivity index (χ0v) is 17.3. The van der Waals surface area contributed by atoms with Crippen molar-refractivity contribution in [1.82, 2.24) is 4.72 Å². The van der Waals surface area contributed by atoms with E-state index in [1.54, 1.807) is 12.1 Å². The highest BCUT2D eigenvalue weighted by molar-refractivity contribution is 9.10. The standard InChI is InChI=1S/C23H18BrNO2S/c24-21-13-14-22(18-10-4-3-9-17(18)21)28(26,27)25-23-19-11-5-1-7-15(19)16-8-2-6-12-20(16)23/h1-15,19,23,25H/t15-,19-,23+/m1/s1. The van der Waals surface area contributed by atoms with E-state index in [-0.39, 0.29) is 17.9 Å². The number of fused-ring (bicyclic) bond motifs is 4. The molecule has 5 rings (SSSR count). The second kappa shape index (κ2) is 6.69. The number of rotatable bonds is 3.